The Morgan fingerprint density at radius 1 is 0.919 bits per heavy atom. The lowest BCUT2D eigenvalue weighted by molar-refractivity contribution is -0.139. The van der Waals surface area contributed by atoms with E-state index in [2.05, 4.69) is 5.32 Å². The minimum atomic E-state index is -4.15. The number of rotatable bonds is 10. The number of carbonyl (C=O) groups excluding carboxylic acids is 2. The van der Waals surface area contributed by atoms with E-state index in [0.29, 0.717) is 27.8 Å². The van der Waals surface area contributed by atoms with Crippen molar-refractivity contribution in [3.05, 3.63) is 94.0 Å². The van der Waals surface area contributed by atoms with Crippen molar-refractivity contribution in [1.29, 1.82) is 0 Å². The summed E-state index contributed by atoms with van der Waals surface area (Å²) in [7, 11) is -4.15. The lowest BCUT2D eigenvalue weighted by Gasteiger charge is -2.32. The molecule has 3 aromatic rings. The van der Waals surface area contributed by atoms with Crippen LogP contribution >= 0.6 is 23.2 Å². The van der Waals surface area contributed by atoms with Crippen molar-refractivity contribution >= 4 is 50.7 Å². The Bertz CT molecular complexity index is 1350. The second-order valence-electron chi connectivity index (χ2n) is 8.47. The summed E-state index contributed by atoms with van der Waals surface area (Å²) in [6.07, 6.45) is 0. The summed E-state index contributed by atoms with van der Waals surface area (Å²) in [6.45, 7) is 5.16. The molecule has 0 aliphatic rings. The molecule has 1 unspecified atom stereocenters. The summed E-state index contributed by atoms with van der Waals surface area (Å²) in [4.78, 5) is 27.9. The fraction of sp³-hybridized carbons (Fsp3) is 0.259. The number of anilines is 1. The molecule has 0 aliphatic heterocycles. The van der Waals surface area contributed by atoms with Crippen molar-refractivity contribution in [3.63, 3.8) is 0 Å². The van der Waals surface area contributed by atoms with E-state index in [4.69, 9.17) is 23.2 Å². The summed E-state index contributed by atoms with van der Waals surface area (Å²) in [5, 5.41) is 3.66. The van der Waals surface area contributed by atoms with Crippen molar-refractivity contribution in [2.24, 2.45) is 0 Å². The maximum absolute atomic E-state index is 13.8. The van der Waals surface area contributed by atoms with Crippen LogP contribution in [0.3, 0.4) is 0 Å². The monoisotopic (exact) mass is 561 g/mol. The highest BCUT2D eigenvalue weighted by molar-refractivity contribution is 7.92. The molecule has 0 saturated heterocycles. The molecule has 0 fully saturated rings. The van der Waals surface area contributed by atoms with Crippen LogP contribution in [0.2, 0.25) is 10.0 Å². The van der Waals surface area contributed by atoms with E-state index in [1.165, 1.54) is 29.2 Å². The normalized spacial score (nSPS) is 12.0. The Kier molecular flexibility index (Phi) is 9.59. The second-order valence-corrected chi connectivity index (χ2v) is 11.2. The van der Waals surface area contributed by atoms with Crippen LogP contribution in [0.1, 0.15) is 25.0 Å². The van der Waals surface area contributed by atoms with Crippen LogP contribution in [0.5, 0.6) is 0 Å². The van der Waals surface area contributed by atoms with Gasteiger partial charge in [0.2, 0.25) is 11.8 Å². The van der Waals surface area contributed by atoms with E-state index < -0.39 is 28.5 Å². The molecule has 1 N–H and O–H groups in total. The molecule has 0 bridgehead atoms. The van der Waals surface area contributed by atoms with Crippen LogP contribution in [0, 0.1) is 6.92 Å². The zero-order valence-electron chi connectivity index (χ0n) is 20.8. The molecule has 0 spiro atoms. The third kappa shape index (κ3) is 7.03. The number of nitrogens with zero attached hydrogens (tertiary/aromatic N) is 2. The number of likely N-dealkylation sites (N-methyl/N-ethyl adjacent to an activating group) is 1. The van der Waals surface area contributed by atoms with E-state index >= 15 is 0 Å². The average molecular weight is 563 g/mol. The lowest BCUT2D eigenvalue weighted by atomic mass is 10.1. The number of benzene rings is 3. The standard InChI is InChI=1S/C27H29Cl2N3O4S/c1-4-30-27(34)20(3)31(17-21-9-11-22(28)12-10-21)26(33)18-32(25-8-6-5-7-19(25)2)37(35,36)24-15-13-23(29)14-16-24/h5-16,20H,4,17-18H2,1-3H3,(H,30,34). The highest BCUT2D eigenvalue weighted by Crippen LogP contribution is 2.28. The SMILES string of the molecule is CCNC(=O)C(C)N(Cc1ccc(Cl)cc1)C(=O)CN(c1ccccc1C)S(=O)(=O)c1ccc(Cl)cc1. The Balaban J connectivity index is 2.03. The van der Waals surface area contributed by atoms with Gasteiger partial charge in [-0.2, -0.15) is 0 Å². The van der Waals surface area contributed by atoms with Gasteiger partial charge < -0.3 is 10.2 Å². The van der Waals surface area contributed by atoms with Gasteiger partial charge in [0.25, 0.3) is 10.0 Å². The first-order chi connectivity index (χ1) is 17.5. The number of para-hydroxylation sites is 1. The topological polar surface area (TPSA) is 86.8 Å². The molecule has 10 heteroatoms. The van der Waals surface area contributed by atoms with Gasteiger partial charge in [0.15, 0.2) is 0 Å². The van der Waals surface area contributed by atoms with Gasteiger partial charge in [0.1, 0.15) is 12.6 Å². The van der Waals surface area contributed by atoms with Crippen molar-refractivity contribution < 1.29 is 18.0 Å². The number of sulfonamides is 1. The summed E-state index contributed by atoms with van der Waals surface area (Å²) >= 11 is 12.0. The molecule has 3 aromatic carbocycles. The van der Waals surface area contributed by atoms with Crippen LogP contribution < -0.4 is 9.62 Å². The molecular weight excluding hydrogens is 533 g/mol. The van der Waals surface area contributed by atoms with Crippen LogP contribution in [0.15, 0.2) is 77.7 Å². The molecular formula is C27H29Cl2N3O4S. The Morgan fingerprint density at radius 2 is 1.49 bits per heavy atom. The molecule has 1 atom stereocenters. The van der Waals surface area contributed by atoms with Gasteiger partial charge in [-0.1, -0.05) is 53.5 Å². The number of carbonyl (C=O) groups is 2. The van der Waals surface area contributed by atoms with Crippen molar-refractivity contribution in [1.82, 2.24) is 10.2 Å². The summed E-state index contributed by atoms with van der Waals surface area (Å²) in [5.74, 6) is -0.873. The number of amides is 2. The Hall–Kier alpha value is -3.07. The molecule has 196 valence electrons. The molecule has 0 saturated carbocycles. The molecule has 37 heavy (non-hydrogen) atoms. The quantitative estimate of drug-likeness (QED) is 0.375. The van der Waals surface area contributed by atoms with E-state index in [1.807, 2.05) is 0 Å². The first kappa shape index (κ1) is 28.5. The van der Waals surface area contributed by atoms with Gasteiger partial charge in [0.05, 0.1) is 10.6 Å². The molecule has 0 heterocycles. The van der Waals surface area contributed by atoms with E-state index in [-0.39, 0.29) is 17.3 Å². The van der Waals surface area contributed by atoms with Gasteiger partial charge >= 0.3 is 0 Å². The third-order valence-corrected chi connectivity index (χ3v) is 8.13. The maximum atomic E-state index is 13.8. The summed E-state index contributed by atoms with van der Waals surface area (Å²) in [5.41, 5.74) is 1.79. The number of halogens is 2. The molecule has 7 nitrogen and oxygen atoms in total. The predicted molar refractivity (Wildman–Crippen MR) is 147 cm³/mol. The summed E-state index contributed by atoms with van der Waals surface area (Å²) in [6, 6.07) is 18.7. The predicted octanol–water partition coefficient (Wildman–Crippen LogP) is 5.05. The van der Waals surface area contributed by atoms with Gasteiger partial charge in [-0.15, -0.1) is 0 Å². The Labute approximate surface area is 228 Å². The number of nitrogens with one attached hydrogen (secondary N) is 1. The van der Waals surface area contributed by atoms with E-state index in [9.17, 15) is 18.0 Å². The van der Waals surface area contributed by atoms with E-state index in [0.717, 1.165) is 9.87 Å². The van der Waals surface area contributed by atoms with Crippen LogP contribution in [-0.4, -0.2) is 44.3 Å². The minimum Gasteiger partial charge on any atom is -0.355 e. The van der Waals surface area contributed by atoms with Crippen LogP contribution in [0.25, 0.3) is 0 Å². The van der Waals surface area contributed by atoms with Gasteiger partial charge in [0, 0.05) is 23.1 Å². The minimum absolute atomic E-state index is 0.00558. The maximum Gasteiger partial charge on any atom is 0.264 e. The molecule has 0 aromatic heterocycles. The van der Waals surface area contributed by atoms with Gasteiger partial charge in [-0.25, -0.2) is 8.42 Å². The molecule has 3 rings (SSSR count). The largest absolute Gasteiger partial charge is 0.355 e. The lowest BCUT2D eigenvalue weighted by Crippen LogP contribution is -2.51. The van der Waals surface area contributed by atoms with Gasteiger partial charge in [-0.3, -0.25) is 13.9 Å². The van der Waals surface area contributed by atoms with Crippen LogP contribution in [0.4, 0.5) is 5.69 Å². The first-order valence-corrected chi connectivity index (χ1v) is 13.9. The van der Waals surface area contributed by atoms with Gasteiger partial charge in [-0.05, 0) is 74.4 Å². The fourth-order valence-electron chi connectivity index (χ4n) is 3.78. The zero-order chi connectivity index (χ0) is 27.2. The van der Waals surface area contributed by atoms with Crippen molar-refractivity contribution in [2.75, 3.05) is 17.4 Å². The molecule has 0 aliphatic carbocycles. The zero-order valence-corrected chi connectivity index (χ0v) is 23.1. The number of hydrogen-bond acceptors (Lipinski definition) is 4. The fourth-order valence-corrected chi connectivity index (χ4v) is 5.51. The number of hydrogen-bond donors (Lipinski definition) is 1. The van der Waals surface area contributed by atoms with Crippen molar-refractivity contribution in [3.8, 4) is 0 Å². The third-order valence-electron chi connectivity index (χ3n) is 5.85. The average Bonchev–Trinajstić information content (AvgIpc) is 2.87. The van der Waals surface area contributed by atoms with Crippen LogP contribution in [-0.2, 0) is 26.2 Å². The highest BCUT2D eigenvalue weighted by atomic mass is 35.5. The smallest absolute Gasteiger partial charge is 0.264 e. The molecule has 0 radical (unpaired) electrons. The Morgan fingerprint density at radius 3 is 2.05 bits per heavy atom. The van der Waals surface area contributed by atoms with E-state index in [1.54, 1.807) is 69.3 Å². The molecule has 2 amide bonds. The second kappa shape index (κ2) is 12.4. The van der Waals surface area contributed by atoms with Crippen molar-refractivity contribution in [2.45, 2.75) is 38.3 Å². The summed E-state index contributed by atoms with van der Waals surface area (Å²) < 4.78 is 28.6. The highest BCUT2D eigenvalue weighted by Gasteiger charge is 2.33. The first-order valence-electron chi connectivity index (χ1n) is 11.7. The number of aryl methyl sites for hydroxylation is 1.